The fourth-order valence-electron chi connectivity index (χ4n) is 4.55. The number of aromatic nitrogens is 1. The number of benzene rings is 1. The van der Waals surface area contributed by atoms with E-state index in [0.29, 0.717) is 23.7 Å². The lowest BCUT2D eigenvalue weighted by Crippen LogP contribution is -2.38. The maximum atomic E-state index is 13.5. The zero-order chi connectivity index (χ0) is 22.7. The van der Waals surface area contributed by atoms with Crippen molar-refractivity contribution < 1.29 is 18.3 Å². The van der Waals surface area contributed by atoms with Crippen LogP contribution in [0.1, 0.15) is 48.5 Å². The lowest BCUT2D eigenvalue weighted by atomic mass is 9.71. The molecule has 32 heavy (non-hydrogen) atoms. The van der Waals surface area contributed by atoms with Crippen LogP contribution in [-0.4, -0.2) is 47.5 Å². The minimum Gasteiger partial charge on any atom is -0.487 e. The van der Waals surface area contributed by atoms with Crippen molar-refractivity contribution in [2.75, 3.05) is 18.5 Å². The van der Waals surface area contributed by atoms with Gasteiger partial charge in [-0.05, 0) is 31.9 Å². The molecule has 2 atom stereocenters. The van der Waals surface area contributed by atoms with Gasteiger partial charge in [-0.2, -0.15) is 0 Å². The number of halogens is 2. The number of hydrogen-bond acceptors (Lipinski definition) is 4. The molecule has 0 radical (unpaired) electrons. The van der Waals surface area contributed by atoms with Gasteiger partial charge in [-0.25, -0.2) is 20.3 Å². The van der Waals surface area contributed by atoms with Crippen LogP contribution in [0.15, 0.2) is 42.6 Å². The van der Waals surface area contributed by atoms with Gasteiger partial charge in [0.2, 0.25) is 0 Å². The largest absolute Gasteiger partial charge is 0.487 e. The Labute approximate surface area is 186 Å². The van der Waals surface area contributed by atoms with Gasteiger partial charge in [0.05, 0.1) is 5.56 Å². The van der Waals surface area contributed by atoms with Crippen LogP contribution >= 0.6 is 0 Å². The van der Waals surface area contributed by atoms with Gasteiger partial charge in [-0.1, -0.05) is 18.2 Å². The first kappa shape index (κ1) is 22.0. The van der Waals surface area contributed by atoms with E-state index in [1.807, 2.05) is 36.1 Å². The molecule has 6 nitrogen and oxygen atoms in total. The summed E-state index contributed by atoms with van der Waals surface area (Å²) in [6.07, 6.45) is 2.27. The summed E-state index contributed by atoms with van der Waals surface area (Å²) in [5.41, 5.74) is 0.867. The molecular weight excluding hydrogens is 414 g/mol. The fourth-order valence-corrected chi connectivity index (χ4v) is 4.55. The number of alkyl halides is 2. The number of carbonyl (C=O) groups excluding carboxylic acids is 1. The number of ether oxygens (including phenoxy) is 1. The number of nitrogens with zero attached hydrogens (tertiary/aromatic N) is 3. The maximum absolute atomic E-state index is 13.5. The molecule has 0 unspecified atom stereocenters. The van der Waals surface area contributed by atoms with E-state index in [9.17, 15) is 13.6 Å². The van der Waals surface area contributed by atoms with Crippen LogP contribution in [0.4, 0.5) is 14.6 Å². The Balaban J connectivity index is 1.46. The molecule has 0 spiro atoms. The van der Waals surface area contributed by atoms with Crippen LogP contribution in [0.3, 0.4) is 0 Å². The summed E-state index contributed by atoms with van der Waals surface area (Å²) in [4.78, 5) is 23.4. The van der Waals surface area contributed by atoms with E-state index in [2.05, 4.69) is 15.1 Å². The molecule has 2 heterocycles. The summed E-state index contributed by atoms with van der Waals surface area (Å²) in [5, 5.41) is 3.29. The molecule has 2 aromatic rings. The first-order chi connectivity index (χ1) is 15.4. The van der Waals surface area contributed by atoms with Crippen LogP contribution in [0.5, 0.6) is 5.75 Å². The molecule has 2 fully saturated rings. The molecule has 1 aromatic carbocycles. The molecule has 1 aliphatic heterocycles. The quantitative estimate of drug-likeness (QED) is 0.632. The Morgan fingerprint density at radius 2 is 2.16 bits per heavy atom. The number of likely N-dealkylation sites (tertiary alicyclic amines) is 1. The predicted octanol–water partition coefficient (Wildman–Crippen LogP) is 4.74. The van der Waals surface area contributed by atoms with Crippen molar-refractivity contribution in [2.45, 2.75) is 56.7 Å². The van der Waals surface area contributed by atoms with Gasteiger partial charge >= 0.3 is 0 Å². The number of pyridine rings is 1. The second-order valence-electron chi connectivity index (χ2n) is 8.50. The summed E-state index contributed by atoms with van der Waals surface area (Å²) in [5.74, 6) is 0.778. The molecule has 1 aromatic heterocycles. The summed E-state index contributed by atoms with van der Waals surface area (Å²) in [6, 6.07) is 10.6. The number of hydrogen-bond donors (Lipinski definition) is 1. The third-order valence-electron chi connectivity index (χ3n) is 6.35. The maximum Gasteiger partial charge on any atom is 0.272 e. The van der Waals surface area contributed by atoms with Crippen molar-refractivity contribution >= 4 is 11.7 Å². The Kier molecular flexibility index (Phi) is 6.26. The lowest BCUT2D eigenvalue weighted by molar-refractivity contribution is 0.0742. The zero-order valence-corrected chi connectivity index (χ0v) is 17.9. The van der Waals surface area contributed by atoms with Crippen molar-refractivity contribution in [1.29, 1.82) is 0 Å². The van der Waals surface area contributed by atoms with E-state index in [0.717, 1.165) is 31.2 Å². The number of nitrogens with one attached hydrogen (secondary N) is 1. The molecule has 1 aliphatic carbocycles. The van der Waals surface area contributed by atoms with Crippen molar-refractivity contribution in [3.63, 3.8) is 0 Å². The van der Waals surface area contributed by atoms with E-state index in [4.69, 9.17) is 11.3 Å². The van der Waals surface area contributed by atoms with Gasteiger partial charge in [-0.15, -0.1) is 0 Å². The third-order valence-corrected chi connectivity index (χ3v) is 6.35. The summed E-state index contributed by atoms with van der Waals surface area (Å²) in [7, 11) is 0. The molecule has 4 rings (SSSR count). The predicted molar refractivity (Wildman–Crippen MR) is 117 cm³/mol. The molecular formula is C24H26F2N4O2. The molecule has 8 heteroatoms. The second-order valence-corrected chi connectivity index (χ2v) is 8.50. The highest BCUT2D eigenvalue weighted by atomic mass is 19.3. The zero-order valence-electron chi connectivity index (χ0n) is 17.9. The second kappa shape index (κ2) is 9.11. The SMILES string of the molecule is [C-]#[N+]C1(c2ccccc2C(=O)N2C[C@H](Nc3cc(OCC(F)F)ccn3)C[C@H]2C)CCC1. The van der Waals surface area contributed by atoms with Gasteiger partial charge < -0.3 is 19.8 Å². The Bertz CT molecular complexity index is 1020. The van der Waals surface area contributed by atoms with E-state index in [1.165, 1.54) is 12.3 Å². The fraction of sp³-hybridized carbons (Fsp3) is 0.458. The van der Waals surface area contributed by atoms with Crippen molar-refractivity contribution in [2.24, 2.45) is 0 Å². The summed E-state index contributed by atoms with van der Waals surface area (Å²) in [6.45, 7) is 9.52. The molecule has 168 valence electrons. The van der Waals surface area contributed by atoms with Gasteiger partial charge in [0.1, 0.15) is 18.2 Å². The smallest absolute Gasteiger partial charge is 0.272 e. The van der Waals surface area contributed by atoms with Gasteiger partial charge in [-0.3, -0.25) is 4.79 Å². The molecule has 1 N–H and O–H groups in total. The van der Waals surface area contributed by atoms with Gasteiger partial charge in [0.25, 0.3) is 17.9 Å². The number of carbonyl (C=O) groups is 1. The molecule has 1 saturated heterocycles. The van der Waals surface area contributed by atoms with E-state index >= 15 is 0 Å². The highest BCUT2D eigenvalue weighted by Gasteiger charge is 2.48. The number of rotatable bonds is 7. The highest BCUT2D eigenvalue weighted by molar-refractivity contribution is 5.96. The van der Waals surface area contributed by atoms with Crippen LogP contribution in [0.2, 0.25) is 0 Å². The number of amides is 1. The Morgan fingerprint density at radius 3 is 2.84 bits per heavy atom. The van der Waals surface area contributed by atoms with Crippen molar-refractivity contribution in [3.8, 4) is 5.75 Å². The topological polar surface area (TPSA) is 58.8 Å². The summed E-state index contributed by atoms with van der Waals surface area (Å²) >= 11 is 0. The molecule has 2 aliphatic rings. The molecule has 0 bridgehead atoms. The van der Waals surface area contributed by atoms with Gasteiger partial charge in [0.15, 0.2) is 0 Å². The summed E-state index contributed by atoms with van der Waals surface area (Å²) < 4.78 is 29.8. The average Bonchev–Trinajstić information content (AvgIpc) is 3.12. The molecule has 1 amide bonds. The van der Waals surface area contributed by atoms with Crippen LogP contribution in [0, 0.1) is 6.57 Å². The monoisotopic (exact) mass is 440 g/mol. The molecule has 1 saturated carbocycles. The van der Waals surface area contributed by atoms with Crippen LogP contribution in [0.25, 0.3) is 4.85 Å². The van der Waals surface area contributed by atoms with Gasteiger partial charge in [0, 0.05) is 49.3 Å². The first-order valence-electron chi connectivity index (χ1n) is 10.8. The highest BCUT2D eigenvalue weighted by Crippen LogP contribution is 2.46. The standard InChI is InChI=1S/C24H26F2N4O2/c1-16-12-17(29-22-13-18(8-11-28-22)32-15-21(25)26)14-30(16)23(31)19-6-3-4-7-20(19)24(27-2)9-5-10-24/h3-4,6-8,11,13,16-17,21H,5,9-10,12,14-15H2,1H3,(H,28,29)/t16-,17-/m1/s1. The van der Waals surface area contributed by atoms with E-state index in [1.54, 1.807) is 6.07 Å². The normalized spacial score (nSPS) is 21.7. The van der Waals surface area contributed by atoms with Crippen LogP contribution < -0.4 is 10.1 Å². The minimum atomic E-state index is -2.54. The Hall–Kier alpha value is -3.21. The minimum absolute atomic E-state index is 0.0107. The van der Waals surface area contributed by atoms with E-state index < -0.39 is 18.6 Å². The van der Waals surface area contributed by atoms with Crippen molar-refractivity contribution in [3.05, 3.63) is 65.1 Å². The Morgan fingerprint density at radius 1 is 1.38 bits per heavy atom. The third kappa shape index (κ3) is 4.38. The lowest BCUT2D eigenvalue weighted by Gasteiger charge is -2.32. The first-order valence-corrected chi connectivity index (χ1v) is 10.8. The average molecular weight is 440 g/mol. The van der Waals surface area contributed by atoms with E-state index in [-0.39, 0.29) is 18.0 Å². The van der Waals surface area contributed by atoms with Crippen LogP contribution in [-0.2, 0) is 5.54 Å². The van der Waals surface area contributed by atoms with Crippen molar-refractivity contribution in [1.82, 2.24) is 9.88 Å². The number of anilines is 1.